The molecular formula is C14H12IN2O3-. The van der Waals surface area contributed by atoms with Crippen LogP contribution in [0, 0.1) is 3.57 Å². The highest BCUT2D eigenvalue weighted by molar-refractivity contribution is 14.1. The molecule has 0 spiro atoms. The zero-order valence-corrected chi connectivity index (χ0v) is 12.9. The largest absolute Gasteiger partial charge is 0.550 e. The van der Waals surface area contributed by atoms with Gasteiger partial charge < -0.3 is 19.9 Å². The molecule has 0 radical (unpaired) electrons. The van der Waals surface area contributed by atoms with E-state index >= 15 is 0 Å². The third-order valence-corrected chi connectivity index (χ3v) is 3.45. The molecule has 0 unspecified atom stereocenters. The van der Waals surface area contributed by atoms with Gasteiger partial charge in [-0.15, -0.1) is 0 Å². The number of nitrogens with one attached hydrogen (secondary N) is 2. The Morgan fingerprint density at radius 1 is 1.30 bits per heavy atom. The first-order chi connectivity index (χ1) is 9.52. The molecule has 0 atom stereocenters. The van der Waals surface area contributed by atoms with Crippen molar-refractivity contribution in [2.24, 2.45) is 0 Å². The lowest BCUT2D eigenvalue weighted by Gasteiger charge is -2.00. The molecule has 0 aliphatic rings. The Kier molecular flexibility index (Phi) is 4.43. The van der Waals surface area contributed by atoms with Crippen molar-refractivity contribution < 1.29 is 9.90 Å². The van der Waals surface area contributed by atoms with Gasteiger partial charge in [-0.25, -0.2) is 0 Å². The summed E-state index contributed by atoms with van der Waals surface area (Å²) in [5.74, 6) is -0.995. The third-order valence-electron chi connectivity index (χ3n) is 2.78. The topological polar surface area (TPSA) is 88.8 Å². The zero-order valence-electron chi connectivity index (χ0n) is 10.7. The number of H-pyrrole nitrogens is 2. The van der Waals surface area contributed by atoms with Crippen molar-refractivity contribution in [3.05, 3.63) is 44.4 Å². The highest BCUT2D eigenvalue weighted by atomic mass is 127. The van der Waals surface area contributed by atoms with E-state index in [9.17, 15) is 14.7 Å². The molecule has 2 heterocycles. The van der Waals surface area contributed by atoms with Crippen LogP contribution in [-0.2, 0) is 4.79 Å². The summed E-state index contributed by atoms with van der Waals surface area (Å²) in [6.07, 6.45) is 1.90. The fraction of sp³-hybridized carbons (Fsp3) is 0.143. The van der Waals surface area contributed by atoms with Crippen LogP contribution in [0.25, 0.3) is 21.8 Å². The molecule has 3 rings (SSSR count). The number of rotatable bonds is 1. The number of aliphatic carboxylic acids is 1. The molecule has 0 aliphatic carbocycles. The maximum atomic E-state index is 11.7. The van der Waals surface area contributed by atoms with Crippen LogP contribution in [0.4, 0.5) is 0 Å². The summed E-state index contributed by atoms with van der Waals surface area (Å²) >= 11 is 2.27. The summed E-state index contributed by atoms with van der Waals surface area (Å²) in [5.41, 5.74) is 1.46. The normalized spacial score (nSPS) is 10.3. The first kappa shape index (κ1) is 14.6. The van der Waals surface area contributed by atoms with Crippen molar-refractivity contribution in [1.29, 1.82) is 0 Å². The lowest BCUT2D eigenvalue weighted by atomic mass is 10.1. The number of carbonyl (C=O) groups excluding carboxylic acids is 1. The van der Waals surface area contributed by atoms with Gasteiger partial charge in [-0.05, 0) is 53.3 Å². The van der Waals surface area contributed by atoms with Crippen molar-refractivity contribution in [2.75, 3.05) is 0 Å². The number of carbonyl (C=O) groups is 1. The SMILES string of the molecule is CCC(=O)[O-].O=c1[nH]c2ccc(I)cc2c2cc[nH]c12. The van der Waals surface area contributed by atoms with Gasteiger partial charge in [-0.2, -0.15) is 0 Å². The predicted molar refractivity (Wildman–Crippen MR) is 84.4 cm³/mol. The summed E-state index contributed by atoms with van der Waals surface area (Å²) < 4.78 is 1.16. The number of aromatic nitrogens is 2. The molecule has 0 amide bonds. The Labute approximate surface area is 128 Å². The second-order valence-corrected chi connectivity index (χ2v) is 5.38. The number of hydrogen-bond acceptors (Lipinski definition) is 3. The molecule has 104 valence electrons. The minimum atomic E-state index is -0.995. The minimum absolute atomic E-state index is 0.0660. The summed E-state index contributed by atoms with van der Waals surface area (Å²) in [4.78, 5) is 26.7. The van der Waals surface area contributed by atoms with E-state index in [1.54, 1.807) is 6.20 Å². The average Bonchev–Trinajstić information content (AvgIpc) is 2.91. The number of benzene rings is 1. The molecule has 3 aromatic rings. The summed E-state index contributed by atoms with van der Waals surface area (Å²) in [6.45, 7) is 1.54. The number of fused-ring (bicyclic) bond motifs is 3. The van der Waals surface area contributed by atoms with Gasteiger partial charge in [0, 0.05) is 32.0 Å². The number of halogens is 1. The van der Waals surface area contributed by atoms with E-state index in [0.29, 0.717) is 5.52 Å². The lowest BCUT2D eigenvalue weighted by Crippen LogP contribution is -2.19. The first-order valence-corrected chi connectivity index (χ1v) is 7.09. The van der Waals surface area contributed by atoms with Crippen LogP contribution in [0.15, 0.2) is 35.3 Å². The number of carboxylic acid groups (broad SMARTS) is 1. The average molecular weight is 383 g/mol. The van der Waals surface area contributed by atoms with E-state index < -0.39 is 5.97 Å². The van der Waals surface area contributed by atoms with Gasteiger partial charge >= 0.3 is 0 Å². The van der Waals surface area contributed by atoms with Gasteiger partial charge in [0.05, 0.1) is 0 Å². The summed E-state index contributed by atoms with van der Waals surface area (Å²) in [6, 6.07) is 7.92. The van der Waals surface area contributed by atoms with Crippen LogP contribution >= 0.6 is 22.6 Å². The zero-order chi connectivity index (χ0) is 14.7. The Bertz CT molecular complexity index is 820. The van der Waals surface area contributed by atoms with Crippen molar-refractivity contribution >= 4 is 50.4 Å². The highest BCUT2D eigenvalue weighted by Gasteiger charge is 2.05. The Morgan fingerprint density at radius 3 is 2.65 bits per heavy atom. The molecule has 0 fully saturated rings. The third kappa shape index (κ3) is 3.01. The van der Waals surface area contributed by atoms with Crippen LogP contribution in [0.3, 0.4) is 0 Å². The second-order valence-electron chi connectivity index (χ2n) is 4.14. The molecule has 0 saturated heterocycles. The number of pyridine rings is 1. The number of carboxylic acids is 1. The molecule has 5 nitrogen and oxygen atoms in total. The van der Waals surface area contributed by atoms with Gasteiger partial charge in [-0.1, -0.05) is 6.92 Å². The van der Waals surface area contributed by atoms with Gasteiger partial charge in [-0.3, -0.25) is 4.79 Å². The van der Waals surface area contributed by atoms with E-state index in [1.807, 2.05) is 18.2 Å². The summed E-state index contributed by atoms with van der Waals surface area (Å²) in [5, 5.41) is 11.3. The van der Waals surface area contributed by atoms with Gasteiger partial charge in [0.1, 0.15) is 5.52 Å². The molecule has 6 heteroatoms. The molecule has 1 aromatic carbocycles. The number of hydrogen-bond donors (Lipinski definition) is 2. The maximum Gasteiger partial charge on any atom is 0.272 e. The van der Waals surface area contributed by atoms with Crippen molar-refractivity contribution in [3.8, 4) is 0 Å². The molecule has 20 heavy (non-hydrogen) atoms. The highest BCUT2D eigenvalue weighted by Crippen LogP contribution is 2.22. The maximum absolute atomic E-state index is 11.7. The fourth-order valence-electron chi connectivity index (χ4n) is 1.81. The molecule has 2 aromatic heterocycles. The van der Waals surface area contributed by atoms with E-state index in [-0.39, 0.29) is 12.0 Å². The quantitative estimate of drug-likeness (QED) is 0.628. The Hall–Kier alpha value is -1.83. The van der Waals surface area contributed by atoms with Crippen LogP contribution in [0.1, 0.15) is 13.3 Å². The smallest absolute Gasteiger partial charge is 0.272 e. The van der Waals surface area contributed by atoms with Crippen LogP contribution in [-0.4, -0.2) is 15.9 Å². The van der Waals surface area contributed by atoms with E-state index in [2.05, 4.69) is 38.6 Å². The predicted octanol–water partition coefficient (Wildman–Crippen LogP) is 1.76. The van der Waals surface area contributed by atoms with Crippen LogP contribution in [0.5, 0.6) is 0 Å². The van der Waals surface area contributed by atoms with Gasteiger partial charge in [0.2, 0.25) is 0 Å². The molecule has 0 bridgehead atoms. The molecule has 0 saturated carbocycles. The fourth-order valence-corrected chi connectivity index (χ4v) is 2.31. The summed E-state index contributed by atoms with van der Waals surface area (Å²) in [7, 11) is 0. The molecule has 2 N–H and O–H groups in total. The monoisotopic (exact) mass is 383 g/mol. The molecule has 0 aliphatic heterocycles. The van der Waals surface area contributed by atoms with Gasteiger partial charge in [0.15, 0.2) is 0 Å². The van der Waals surface area contributed by atoms with Crippen molar-refractivity contribution in [1.82, 2.24) is 9.97 Å². The standard InChI is InChI=1S/C11H7IN2O.C3H6O2/c12-6-1-2-9-8(5-6)7-3-4-13-10(7)11(15)14-9;1-2-3(4)5/h1-5,13H,(H,14,15);2H2,1H3,(H,4,5)/p-1. The second kappa shape index (κ2) is 6.08. The minimum Gasteiger partial charge on any atom is -0.550 e. The van der Waals surface area contributed by atoms with E-state index in [1.165, 1.54) is 6.92 Å². The van der Waals surface area contributed by atoms with Crippen LogP contribution < -0.4 is 10.7 Å². The Morgan fingerprint density at radius 2 is 2.00 bits per heavy atom. The van der Waals surface area contributed by atoms with Crippen molar-refractivity contribution in [2.45, 2.75) is 13.3 Å². The Balaban J connectivity index is 0.000000257. The van der Waals surface area contributed by atoms with Crippen LogP contribution in [0.2, 0.25) is 0 Å². The first-order valence-electron chi connectivity index (χ1n) is 6.01. The van der Waals surface area contributed by atoms with Gasteiger partial charge in [0.25, 0.3) is 5.56 Å². The van der Waals surface area contributed by atoms with E-state index in [0.717, 1.165) is 19.9 Å². The van der Waals surface area contributed by atoms with Crippen molar-refractivity contribution in [3.63, 3.8) is 0 Å². The van der Waals surface area contributed by atoms with E-state index in [4.69, 9.17) is 0 Å². The molecular weight excluding hydrogens is 371 g/mol. The number of aromatic amines is 2. The lowest BCUT2D eigenvalue weighted by molar-refractivity contribution is -0.305.